The van der Waals surface area contributed by atoms with E-state index < -0.39 is 29.6 Å². The van der Waals surface area contributed by atoms with Crippen LogP contribution in [0.1, 0.15) is 50.2 Å². The monoisotopic (exact) mass is 448 g/mol. The molecule has 3 N–H and O–H groups in total. The Hall–Kier alpha value is -3.79. The number of fused-ring (bicyclic) bond motifs is 3. The molecule has 7 nitrogen and oxygen atoms in total. The molecule has 0 spiro atoms. The Morgan fingerprint density at radius 3 is 2.21 bits per heavy atom. The standard InChI is InChI=1S/C26H28N2O5/c1-4-10-22(23(29)28-26(3,15-5-2)24(30)31)27-25(32)33-16-21-19-13-8-6-11-17(19)18-12-7-9-14-20(18)21/h1,6-9,11-14,21-22H,5,10,15-16H2,2-3H3,(H,27,32)(H,28,29)(H,30,31). The van der Waals surface area contributed by atoms with E-state index in [1.807, 2.05) is 55.5 Å². The predicted octanol–water partition coefficient (Wildman–Crippen LogP) is 3.68. The van der Waals surface area contributed by atoms with E-state index in [2.05, 4.69) is 16.6 Å². The molecule has 0 bridgehead atoms. The van der Waals surface area contributed by atoms with Gasteiger partial charge in [0.15, 0.2) is 0 Å². The van der Waals surface area contributed by atoms with Gasteiger partial charge in [-0.05, 0) is 35.6 Å². The first kappa shape index (κ1) is 23.9. The molecule has 172 valence electrons. The fourth-order valence-electron chi connectivity index (χ4n) is 4.19. The number of hydrogen-bond acceptors (Lipinski definition) is 4. The number of benzene rings is 2. The first-order valence-electron chi connectivity index (χ1n) is 10.9. The van der Waals surface area contributed by atoms with Crippen molar-refractivity contribution in [2.75, 3.05) is 6.61 Å². The first-order chi connectivity index (χ1) is 15.8. The van der Waals surface area contributed by atoms with Crippen LogP contribution in [0.25, 0.3) is 11.1 Å². The van der Waals surface area contributed by atoms with Crippen molar-refractivity contribution in [1.82, 2.24) is 10.6 Å². The highest BCUT2D eigenvalue weighted by Gasteiger charge is 2.36. The second-order valence-corrected chi connectivity index (χ2v) is 8.31. The van der Waals surface area contributed by atoms with Crippen molar-refractivity contribution in [3.63, 3.8) is 0 Å². The van der Waals surface area contributed by atoms with Gasteiger partial charge in [0.2, 0.25) is 5.91 Å². The molecule has 2 unspecified atom stereocenters. The maximum Gasteiger partial charge on any atom is 0.407 e. The third-order valence-electron chi connectivity index (χ3n) is 5.90. The fourth-order valence-corrected chi connectivity index (χ4v) is 4.19. The average Bonchev–Trinajstić information content (AvgIpc) is 3.11. The number of carbonyl (C=O) groups is 3. The Morgan fingerprint density at radius 2 is 1.70 bits per heavy atom. The molecule has 3 rings (SSSR count). The minimum atomic E-state index is -1.46. The van der Waals surface area contributed by atoms with Crippen LogP contribution in [-0.2, 0) is 14.3 Å². The summed E-state index contributed by atoms with van der Waals surface area (Å²) in [4.78, 5) is 36.9. The molecule has 0 fully saturated rings. The predicted molar refractivity (Wildman–Crippen MR) is 125 cm³/mol. The van der Waals surface area contributed by atoms with Crippen molar-refractivity contribution < 1.29 is 24.2 Å². The summed E-state index contributed by atoms with van der Waals surface area (Å²) in [5.41, 5.74) is 2.90. The summed E-state index contributed by atoms with van der Waals surface area (Å²) in [7, 11) is 0. The Morgan fingerprint density at radius 1 is 1.12 bits per heavy atom. The van der Waals surface area contributed by atoms with Crippen LogP contribution in [0.5, 0.6) is 0 Å². The summed E-state index contributed by atoms with van der Waals surface area (Å²) in [5.74, 6) is 0.402. The summed E-state index contributed by atoms with van der Waals surface area (Å²) in [6.45, 7) is 3.34. The maximum absolute atomic E-state index is 12.7. The number of hydrogen-bond donors (Lipinski definition) is 3. The van der Waals surface area contributed by atoms with E-state index in [-0.39, 0.29) is 25.4 Å². The number of aliphatic carboxylic acids is 1. The van der Waals surface area contributed by atoms with Crippen LogP contribution in [0.3, 0.4) is 0 Å². The molecular weight excluding hydrogens is 420 g/mol. The third-order valence-corrected chi connectivity index (χ3v) is 5.90. The Bertz CT molecular complexity index is 1040. The molecule has 0 aromatic heterocycles. The molecular formula is C26H28N2O5. The van der Waals surface area contributed by atoms with Crippen LogP contribution < -0.4 is 10.6 Å². The van der Waals surface area contributed by atoms with Crippen LogP contribution in [0.15, 0.2) is 48.5 Å². The Balaban J connectivity index is 1.67. The molecule has 0 radical (unpaired) electrons. The number of amides is 2. The van der Waals surface area contributed by atoms with E-state index in [1.54, 1.807) is 0 Å². The van der Waals surface area contributed by atoms with Crippen LogP contribution in [0.4, 0.5) is 4.79 Å². The Kier molecular flexibility index (Phi) is 7.39. The lowest BCUT2D eigenvalue weighted by Crippen LogP contribution is -2.57. The number of terminal acetylenes is 1. The SMILES string of the molecule is C#CCC(NC(=O)OCC1c2ccccc2-c2ccccc21)C(=O)NC(C)(CCC)C(=O)O. The zero-order valence-electron chi connectivity index (χ0n) is 18.8. The molecule has 33 heavy (non-hydrogen) atoms. The second-order valence-electron chi connectivity index (χ2n) is 8.31. The van der Waals surface area contributed by atoms with Gasteiger partial charge in [-0.25, -0.2) is 9.59 Å². The van der Waals surface area contributed by atoms with Crippen LogP contribution in [-0.4, -0.2) is 41.3 Å². The van der Waals surface area contributed by atoms with Gasteiger partial charge in [0, 0.05) is 12.3 Å². The average molecular weight is 449 g/mol. The highest BCUT2D eigenvalue weighted by Crippen LogP contribution is 2.44. The van der Waals surface area contributed by atoms with E-state index in [9.17, 15) is 19.5 Å². The number of carbonyl (C=O) groups excluding carboxylic acids is 2. The minimum absolute atomic E-state index is 0.0902. The highest BCUT2D eigenvalue weighted by atomic mass is 16.5. The van der Waals surface area contributed by atoms with Crippen LogP contribution in [0, 0.1) is 12.3 Å². The number of alkyl carbamates (subject to hydrolysis) is 1. The molecule has 0 saturated heterocycles. The van der Waals surface area contributed by atoms with Crippen LogP contribution >= 0.6 is 0 Å². The van der Waals surface area contributed by atoms with Crippen molar-refractivity contribution in [2.45, 2.75) is 50.6 Å². The topological polar surface area (TPSA) is 105 Å². The van der Waals surface area contributed by atoms with Gasteiger partial charge < -0.3 is 20.5 Å². The van der Waals surface area contributed by atoms with E-state index in [0.717, 1.165) is 22.3 Å². The molecule has 2 atom stereocenters. The fraction of sp³-hybridized carbons (Fsp3) is 0.346. The molecule has 2 aromatic carbocycles. The number of carboxylic acids is 1. The molecule has 0 aliphatic heterocycles. The van der Waals surface area contributed by atoms with Crippen molar-refractivity contribution in [3.05, 3.63) is 59.7 Å². The molecule has 0 saturated carbocycles. The lowest BCUT2D eigenvalue weighted by molar-refractivity contribution is -0.147. The molecule has 0 heterocycles. The number of nitrogens with one attached hydrogen (secondary N) is 2. The summed E-state index contributed by atoms with van der Waals surface area (Å²) < 4.78 is 5.48. The zero-order chi connectivity index (χ0) is 24.0. The second kappa shape index (κ2) is 10.2. The first-order valence-corrected chi connectivity index (χ1v) is 10.9. The van der Waals surface area contributed by atoms with Crippen molar-refractivity contribution in [1.29, 1.82) is 0 Å². The quantitative estimate of drug-likeness (QED) is 0.508. The van der Waals surface area contributed by atoms with Crippen LogP contribution in [0.2, 0.25) is 0 Å². The number of carboxylic acid groups (broad SMARTS) is 1. The largest absolute Gasteiger partial charge is 0.480 e. The maximum atomic E-state index is 12.7. The van der Waals surface area contributed by atoms with Crippen molar-refractivity contribution in [3.8, 4) is 23.5 Å². The van der Waals surface area contributed by atoms with Crippen molar-refractivity contribution >= 4 is 18.0 Å². The van der Waals surface area contributed by atoms with Gasteiger partial charge >= 0.3 is 12.1 Å². The van der Waals surface area contributed by atoms with Gasteiger partial charge in [-0.2, -0.15) is 0 Å². The zero-order valence-corrected chi connectivity index (χ0v) is 18.8. The van der Waals surface area contributed by atoms with Crippen molar-refractivity contribution in [2.24, 2.45) is 0 Å². The lowest BCUT2D eigenvalue weighted by atomic mass is 9.95. The van der Waals surface area contributed by atoms with Gasteiger partial charge in [0.25, 0.3) is 0 Å². The van der Waals surface area contributed by atoms with E-state index in [4.69, 9.17) is 11.2 Å². The molecule has 2 amide bonds. The summed E-state index contributed by atoms with van der Waals surface area (Å²) in [6, 6.07) is 14.8. The summed E-state index contributed by atoms with van der Waals surface area (Å²) in [5, 5.41) is 14.5. The normalized spacial score (nSPS) is 14.7. The molecule has 2 aromatic rings. The van der Waals surface area contributed by atoms with E-state index >= 15 is 0 Å². The minimum Gasteiger partial charge on any atom is -0.480 e. The van der Waals surface area contributed by atoms with E-state index in [0.29, 0.717) is 6.42 Å². The highest BCUT2D eigenvalue weighted by molar-refractivity contribution is 5.91. The summed E-state index contributed by atoms with van der Waals surface area (Å²) >= 11 is 0. The van der Waals surface area contributed by atoms with Gasteiger partial charge in [-0.3, -0.25) is 4.79 Å². The molecule has 1 aliphatic carbocycles. The number of rotatable bonds is 9. The number of ether oxygens (including phenoxy) is 1. The third kappa shape index (κ3) is 5.17. The van der Waals surface area contributed by atoms with Gasteiger partial charge in [-0.15, -0.1) is 12.3 Å². The molecule has 1 aliphatic rings. The van der Waals surface area contributed by atoms with Gasteiger partial charge in [0.1, 0.15) is 18.2 Å². The summed E-state index contributed by atoms with van der Waals surface area (Å²) in [6.07, 6.45) is 5.27. The smallest absolute Gasteiger partial charge is 0.407 e. The van der Waals surface area contributed by atoms with Gasteiger partial charge in [-0.1, -0.05) is 61.9 Å². The molecule has 7 heteroatoms. The van der Waals surface area contributed by atoms with Gasteiger partial charge in [0.05, 0.1) is 0 Å². The Labute approximate surface area is 193 Å². The lowest BCUT2D eigenvalue weighted by Gasteiger charge is -2.28. The van der Waals surface area contributed by atoms with E-state index in [1.165, 1.54) is 6.92 Å².